The van der Waals surface area contributed by atoms with Gasteiger partial charge in [-0.25, -0.2) is 0 Å². The number of para-hydroxylation sites is 1. The highest BCUT2D eigenvalue weighted by atomic mass is 16.7. The van der Waals surface area contributed by atoms with Crippen LogP contribution in [0.1, 0.15) is 30.9 Å². The van der Waals surface area contributed by atoms with Gasteiger partial charge in [-0.1, -0.05) is 18.6 Å². The first-order chi connectivity index (χ1) is 8.27. The minimum atomic E-state index is -0.487. The third kappa shape index (κ3) is 1.77. The van der Waals surface area contributed by atoms with Crippen LogP contribution in [0.5, 0.6) is 11.5 Å². The Kier molecular flexibility index (Phi) is 2.68. The van der Waals surface area contributed by atoms with Crippen molar-refractivity contribution in [3.8, 4) is 11.5 Å². The summed E-state index contributed by atoms with van der Waals surface area (Å²) in [4.78, 5) is 0. The number of rotatable bonds is 3. The summed E-state index contributed by atoms with van der Waals surface area (Å²) in [7, 11) is 0. The summed E-state index contributed by atoms with van der Waals surface area (Å²) < 4.78 is 10.7. The largest absolute Gasteiger partial charge is 0.454 e. The van der Waals surface area contributed by atoms with Crippen LogP contribution in [0.2, 0.25) is 0 Å². The van der Waals surface area contributed by atoms with Crippen molar-refractivity contribution in [1.29, 1.82) is 0 Å². The van der Waals surface area contributed by atoms with Gasteiger partial charge in [0.05, 0.1) is 12.1 Å². The van der Waals surface area contributed by atoms with Crippen molar-refractivity contribution < 1.29 is 14.6 Å². The molecule has 2 atom stereocenters. The van der Waals surface area contributed by atoms with Crippen LogP contribution >= 0.6 is 0 Å². The number of aliphatic hydroxyl groups is 1. The Labute approximate surface area is 100 Å². The molecule has 0 spiro atoms. The van der Waals surface area contributed by atoms with Gasteiger partial charge in [-0.2, -0.15) is 0 Å². The van der Waals surface area contributed by atoms with Crippen LogP contribution in [0.25, 0.3) is 0 Å². The van der Waals surface area contributed by atoms with Gasteiger partial charge in [-0.05, 0) is 24.8 Å². The second-order valence-corrected chi connectivity index (χ2v) is 4.79. The van der Waals surface area contributed by atoms with Gasteiger partial charge in [0.15, 0.2) is 11.5 Å². The van der Waals surface area contributed by atoms with Crippen LogP contribution in [0, 0.1) is 5.92 Å². The lowest BCUT2D eigenvalue weighted by Crippen LogP contribution is -2.36. The summed E-state index contributed by atoms with van der Waals surface area (Å²) in [6, 6.07) is 5.25. The van der Waals surface area contributed by atoms with Gasteiger partial charge < -0.3 is 20.3 Å². The van der Waals surface area contributed by atoms with E-state index in [-0.39, 0.29) is 6.79 Å². The fourth-order valence-corrected chi connectivity index (χ4v) is 2.47. The number of ether oxygens (including phenoxy) is 2. The first-order valence-corrected chi connectivity index (χ1v) is 6.09. The van der Waals surface area contributed by atoms with E-state index in [1.807, 2.05) is 18.2 Å². The molecule has 17 heavy (non-hydrogen) atoms. The number of hydrogen-bond acceptors (Lipinski definition) is 4. The predicted molar refractivity (Wildman–Crippen MR) is 62.8 cm³/mol. The van der Waals surface area contributed by atoms with Crippen LogP contribution < -0.4 is 15.2 Å². The van der Waals surface area contributed by atoms with Crippen molar-refractivity contribution in [1.82, 2.24) is 0 Å². The molecular formula is C13H17NO3. The van der Waals surface area contributed by atoms with E-state index >= 15 is 0 Å². The van der Waals surface area contributed by atoms with Crippen LogP contribution in [-0.4, -0.2) is 18.0 Å². The van der Waals surface area contributed by atoms with E-state index in [1.165, 1.54) is 6.42 Å². The minimum absolute atomic E-state index is 0.235. The quantitative estimate of drug-likeness (QED) is 0.834. The Bertz CT molecular complexity index is 417. The van der Waals surface area contributed by atoms with E-state index in [0.717, 1.165) is 24.2 Å². The molecule has 1 saturated carbocycles. The third-order valence-corrected chi connectivity index (χ3v) is 3.79. The highest BCUT2D eigenvalue weighted by molar-refractivity contribution is 5.49. The van der Waals surface area contributed by atoms with Gasteiger partial charge in [0.2, 0.25) is 6.79 Å². The van der Waals surface area contributed by atoms with Crippen LogP contribution in [0.15, 0.2) is 18.2 Å². The number of benzene rings is 1. The van der Waals surface area contributed by atoms with E-state index in [9.17, 15) is 5.11 Å². The smallest absolute Gasteiger partial charge is 0.231 e. The van der Waals surface area contributed by atoms with Gasteiger partial charge in [0.25, 0.3) is 0 Å². The van der Waals surface area contributed by atoms with Crippen molar-refractivity contribution in [2.24, 2.45) is 11.7 Å². The highest BCUT2D eigenvalue weighted by Gasteiger charge is 2.33. The maximum absolute atomic E-state index is 10.2. The molecule has 1 aliphatic heterocycles. The molecule has 0 unspecified atom stereocenters. The maximum atomic E-state index is 10.2. The molecular weight excluding hydrogens is 218 g/mol. The van der Waals surface area contributed by atoms with Crippen molar-refractivity contribution in [3.63, 3.8) is 0 Å². The number of hydrogen-bond donors (Lipinski definition) is 2. The molecule has 0 bridgehead atoms. The summed E-state index contributed by atoms with van der Waals surface area (Å²) in [6.45, 7) is 0.235. The molecule has 2 aliphatic rings. The normalized spacial score (nSPS) is 22.0. The molecule has 92 valence electrons. The lowest BCUT2D eigenvalue weighted by Gasteiger charge is -2.34. The Morgan fingerprint density at radius 3 is 2.82 bits per heavy atom. The topological polar surface area (TPSA) is 64.7 Å². The van der Waals surface area contributed by atoms with Gasteiger partial charge in [-0.3, -0.25) is 0 Å². The highest BCUT2D eigenvalue weighted by Crippen LogP contribution is 2.41. The molecule has 3 N–H and O–H groups in total. The molecule has 1 fully saturated rings. The number of nitrogens with two attached hydrogens (primary N) is 1. The van der Waals surface area contributed by atoms with E-state index in [2.05, 4.69) is 0 Å². The maximum Gasteiger partial charge on any atom is 0.231 e. The molecule has 3 rings (SSSR count). The first kappa shape index (κ1) is 10.9. The summed E-state index contributed by atoms with van der Waals surface area (Å²) in [5.41, 5.74) is 6.98. The summed E-state index contributed by atoms with van der Waals surface area (Å²) >= 11 is 0. The molecule has 1 aromatic carbocycles. The molecule has 4 heteroatoms. The van der Waals surface area contributed by atoms with Crippen molar-refractivity contribution in [2.45, 2.75) is 31.4 Å². The second kappa shape index (κ2) is 4.20. The van der Waals surface area contributed by atoms with Gasteiger partial charge in [0, 0.05) is 5.56 Å². The monoisotopic (exact) mass is 235 g/mol. The van der Waals surface area contributed by atoms with Crippen LogP contribution in [-0.2, 0) is 0 Å². The van der Waals surface area contributed by atoms with Crippen molar-refractivity contribution in [2.75, 3.05) is 6.79 Å². The third-order valence-electron chi connectivity index (χ3n) is 3.79. The zero-order chi connectivity index (χ0) is 11.8. The second-order valence-electron chi connectivity index (χ2n) is 4.79. The molecule has 4 nitrogen and oxygen atoms in total. The summed E-state index contributed by atoms with van der Waals surface area (Å²) in [5, 5.41) is 10.2. The SMILES string of the molecule is N[C@H](c1cccc2c1OCO2)[C@@H](O)C1CCC1. The van der Waals surface area contributed by atoms with E-state index in [4.69, 9.17) is 15.2 Å². The van der Waals surface area contributed by atoms with E-state index in [1.54, 1.807) is 0 Å². The zero-order valence-electron chi connectivity index (χ0n) is 9.63. The van der Waals surface area contributed by atoms with Crippen LogP contribution in [0.4, 0.5) is 0 Å². The van der Waals surface area contributed by atoms with E-state index < -0.39 is 12.1 Å². The molecule has 1 aliphatic carbocycles. The Morgan fingerprint density at radius 1 is 1.29 bits per heavy atom. The number of aliphatic hydroxyl groups excluding tert-OH is 1. The number of fused-ring (bicyclic) bond motifs is 1. The molecule has 0 amide bonds. The average molecular weight is 235 g/mol. The fraction of sp³-hybridized carbons (Fsp3) is 0.538. The van der Waals surface area contributed by atoms with Crippen LogP contribution in [0.3, 0.4) is 0 Å². The molecule has 0 radical (unpaired) electrons. The molecule has 0 saturated heterocycles. The first-order valence-electron chi connectivity index (χ1n) is 6.09. The standard InChI is InChI=1S/C13H17NO3/c14-11(12(15)8-3-1-4-8)9-5-2-6-10-13(9)17-7-16-10/h2,5-6,8,11-12,15H,1,3-4,7,14H2/t11-,12+/m1/s1. The average Bonchev–Trinajstić information content (AvgIpc) is 2.73. The van der Waals surface area contributed by atoms with E-state index in [0.29, 0.717) is 11.7 Å². The lowest BCUT2D eigenvalue weighted by molar-refractivity contribution is 0.0406. The molecule has 1 aromatic rings. The predicted octanol–water partition coefficient (Wildman–Crippen LogP) is 1.58. The molecule has 0 aromatic heterocycles. The molecule has 1 heterocycles. The Morgan fingerprint density at radius 2 is 2.12 bits per heavy atom. The summed E-state index contributed by atoms with van der Waals surface area (Å²) in [6.07, 6.45) is 2.85. The lowest BCUT2D eigenvalue weighted by atomic mass is 9.77. The minimum Gasteiger partial charge on any atom is -0.454 e. The van der Waals surface area contributed by atoms with Gasteiger partial charge in [-0.15, -0.1) is 0 Å². The Balaban J connectivity index is 1.85. The van der Waals surface area contributed by atoms with Crippen molar-refractivity contribution in [3.05, 3.63) is 23.8 Å². The Hall–Kier alpha value is -1.26. The zero-order valence-corrected chi connectivity index (χ0v) is 9.63. The van der Waals surface area contributed by atoms with Crippen molar-refractivity contribution >= 4 is 0 Å². The van der Waals surface area contributed by atoms with Gasteiger partial charge >= 0.3 is 0 Å². The summed E-state index contributed by atoms with van der Waals surface area (Å²) in [5.74, 6) is 1.75. The fourth-order valence-electron chi connectivity index (χ4n) is 2.47. The van der Waals surface area contributed by atoms with Gasteiger partial charge in [0.1, 0.15) is 0 Å².